The van der Waals surface area contributed by atoms with Crippen molar-refractivity contribution in [2.45, 2.75) is 16.7 Å². The van der Waals surface area contributed by atoms with E-state index in [2.05, 4.69) is 12.6 Å². The molecule has 0 saturated heterocycles. The fraction of sp³-hybridized carbons (Fsp3) is 0.143. The fourth-order valence-corrected chi connectivity index (χ4v) is 2.37. The zero-order chi connectivity index (χ0) is 18.4. The van der Waals surface area contributed by atoms with Crippen LogP contribution in [0.1, 0.15) is 5.56 Å². The molecule has 0 amide bonds. The molecule has 2 aromatic carbocycles. The maximum Gasteiger partial charge on any atom is 0.315 e. The topological polar surface area (TPSA) is 130 Å². The van der Waals surface area contributed by atoms with Crippen molar-refractivity contribution < 1.29 is 19.5 Å². The molecule has 0 radical (unpaired) electrons. The quantitative estimate of drug-likeness (QED) is 0.369. The highest BCUT2D eigenvalue weighted by Gasteiger charge is 2.17. The van der Waals surface area contributed by atoms with Gasteiger partial charge in [-0.15, -0.1) is 12.6 Å². The summed E-state index contributed by atoms with van der Waals surface area (Å²) in [6, 6.07) is 8.56. The highest BCUT2D eigenvalue weighted by Crippen LogP contribution is 2.28. The van der Waals surface area contributed by atoms with Crippen molar-refractivity contribution in [3.8, 4) is 5.75 Å². The predicted octanol–water partition coefficient (Wildman–Crippen LogP) is 3.23. The van der Waals surface area contributed by atoms with Gasteiger partial charge in [-0.1, -0.05) is 6.07 Å². The lowest BCUT2D eigenvalue weighted by Gasteiger charge is -2.03. The van der Waals surface area contributed by atoms with Gasteiger partial charge in [0.1, 0.15) is 6.26 Å². The van der Waals surface area contributed by atoms with Gasteiger partial charge in [-0.05, 0) is 41.9 Å². The molecule has 24 heavy (non-hydrogen) atoms. The summed E-state index contributed by atoms with van der Waals surface area (Å²) in [4.78, 5) is 20.2. The molecule has 10 heteroatoms. The average Bonchev–Trinajstić information content (AvgIpc) is 2.50. The van der Waals surface area contributed by atoms with Crippen molar-refractivity contribution in [2.75, 3.05) is 6.26 Å². The molecule has 8 nitrogen and oxygen atoms in total. The maximum atomic E-state index is 10.9. The molecule has 0 saturated carbocycles. The van der Waals surface area contributed by atoms with Gasteiger partial charge in [-0.3, -0.25) is 20.2 Å². The molecule has 2 aromatic rings. The van der Waals surface area contributed by atoms with Crippen molar-refractivity contribution >= 4 is 35.2 Å². The Morgan fingerprint density at radius 3 is 2.08 bits per heavy atom. The van der Waals surface area contributed by atoms with Gasteiger partial charge in [0, 0.05) is 6.07 Å². The summed E-state index contributed by atoms with van der Waals surface area (Å²) in [5, 5.41) is 29.7. The number of phenolic OH excluding ortho intramolecular Hbond substituents is 1. The van der Waals surface area contributed by atoms with E-state index in [0.29, 0.717) is 9.79 Å². The number of nitro benzene ring substituents is 2. The van der Waals surface area contributed by atoms with Crippen molar-refractivity contribution in [2.24, 2.45) is 0 Å². The number of phenols is 1. The van der Waals surface area contributed by atoms with Gasteiger partial charge in [0.2, 0.25) is 0 Å². The van der Waals surface area contributed by atoms with Crippen molar-refractivity contribution in [3.05, 3.63) is 62.2 Å². The molecule has 0 heterocycles. The third-order valence-electron chi connectivity index (χ3n) is 2.80. The Morgan fingerprint density at radius 1 is 1.04 bits per heavy atom. The first-order valence-electron chi connectivity index (χ1n) is 6.38. The SMILES string of the molecule is C[S+]([O-])c1ccc(O)c([N+](=O)[O-])c1.Cc1ccc(S)c([N+](=O)[O-])c1. The van der Waals surface area contributed by atoms with E-state index in [4.69, 9.17) is 5.11 Å². The normalized spacial score (nSPS) is 11.2. The minimum Gasteiger partial charge on any atom is -0.612 e. The van der Waals surface area contributed by atoms with Crippen LogP contribution in [-0.2, 0) is 11.2 Å². The second kappa shape index (κ2) is 8.52. The zero-order valence-corrected chi connectivity index (χ0v) is 14.4. The summed E-state index contributed by atoms with van der Waals surface area (Å²) in [5.74, 6) is -0.417. The van der Waals surface area contributed by atoms with Crippen LogP contribution < -0.4 is 0 Å². The van der Waals surface area contributed by atoms with Crippen LogP contribution in [-0.4, -0.2) is 25.8 Å². The summed E-state index contributed by atoms with van der Waals surface area (Å²) in [7, 11) is 0. The minimum absolute atomic E-state index is 0.0633. The fourth-order valence-electron chi connectivity index (χ4n) is 1.61. The first-order valence-corrected chi connectivity index (χ1v) is 8.39. The standard InChI is InChI=1S/C7H7NO4S.C7H7NO2S/c1-13(12)5-2-3-7(9)6(4-5)8(10)11;1-5-2-3-7(11)6(4-5)8(9)10/h2-4,9H,1H3;2-4,11H,1H3. The second-order valence-corrected chi connectivity index (χ2v) is 6.47. The van der Waals surface area contributed by atoms with E-state index in [1.54, 1.807) is 19.1 Å². The highest BCUT2D eigenvalue weighted by atomic mass is 32.2. The first-order chi connectivity index (χ1) is 11.1. The Balaban J connectivity index is 0.000000243. The number of rotatable bonds is 3. The highest BCUT2D eigenvalue weighted by molar-refractivity contribution is 7.90. The molecule has 1 unspecified atom stereocenters. The van der Waals surface area contributed by atoms with Gasteiger partial charge in [0.15, 0.2) is 10.6 Å². The van der Waals surface area contributed by atoms with Crippen molar-refractivity contribution in [1.29, 1.82) is 0 Å². The Bertz CT molecular complexity index is 767. The summed E-state index contributed by atoms with van der Waals surface area (Å²) >= 11 is 2.66. The van der Waals surface area contributed by atoms with Gasteiger partial charge in [0.05, 0.1) is 20.8 Å². The molecule has 0 spiro atoms. The maximum absolute atomic E-state index is 10.9. The summed E-state index contributed by atoms with van der Waals surface area (Å²) in [6.45, 7) is 1.81. The molecule has 1 atom stereocenters. The van der Waals surface area contributed by atoms with E-state index in [0.717, 1.165) is 17.7 Å². The van der Waals surface area contributed by atoms with E-state index in [1.165, 1.54) is 18.4 Å². The van der Waals surface area contributed by atoms with Crippen LogP contribution in [0.4, 0.5) is 11.4 Å². The van der Waals surface area contributed by atoms with Crippen LogP contribution in [0.25, 0.3) is 0 Å². The van der Waals surface area contributed by atoms with Crippen molar-refractivity contribution in [1.82, 2.24) is 0 Å². The minimum atomic E-state index is -1.28. The third-order valence-corrected chi connectivity index (χ3v) is 4.10. The number of benzene rings is 2. The number of hydrogen-bond acceptors (Lipinski definition) is 7. The molecule has 0 fully saturated rings. The first kappa shape index (κ1) is 19.7. The Morgan fingerprint density at radius 2 is 1.62 bits per heavy atom. The largest absolute Gasteiger partial charge is 0.612 e. The Labute approximate surface area is 146 Å². The lowest BCUT2D eigenvalue weighted by molar-refractivity contribution is -0.387. The summed E-state index contributed by atoms with van der Waals surface area (Å²) in [6.07, 6.45) is 1.41. The van der Waals surface area contributed by atoms with E-state index >= 15 is 0 Å². The summed E-state index contributed by atoms with van der Waals surface area (Å²) in [5.41, 5.74) is 0.510. The van der Waals surface area contributed by atoms with E-state index in [-0.39, 0.29) is 5.69 Å². The van der Waals surface area contributed by atoms with Gasteiger partial charge >= 0.3 is 5.69 Å². The lowest BCUT2D eigenvalue weighted by Crippen LogP contribution is -1.98. The van der Waals surface area contributed by atoms with E-state index < -0.39 is 32.5 Å². The van der Waals surface area contributed by atoms with Crippen LogP contribution in [0.2, 0.25) is 0 Å². The number of hydrogen-bond donors (Lipinski definition) is 2. The molecule has 1 N–H and O–H groups in total. The van der Waals surface area contributed by atoms with E-state index in [9.17, 15) is 24.8 Å². The van der Waals surface area contributed by atoms with E-state index in [1.807, 2.05) is 0 Å². The van der Waals surface area contributed by atoms with Gasteiger partial charge in [0.25, 0.3) is 5.69 Å². The molecule has 0 bridgehead atoms. The smallest absolute Gasteiger partial charge is 0.315 e. The number of nitrogens with zero attached hydrogens (tertiary/aromatic N) is 2. The Hall–Kier alpha value is -2.30. The zero-order valence-electron chi connectivity index (χ0n) is 12.7. The number of aryl methyl sites for hydroxylation is 1. The molecule has 0 aliphatic rings. The molecule has 2 rings (SSSR count). The van der Waals surface area contributed by atoms with Crippen LogP contribution in [0.5, 0.6) is 5.75 Å². The Kier molecular flexibility index (Phi) is 7.01. The van der Waals surface area contributed by atoms with Crippen molar-refractivity contribution in [3.63, 3.8) is 0 Å². The molecular weight excluding hydrogens is 356 g/mol. The molecular formula is C14H14N2O6S2. The average molecular weight is 370 g/mol. The monoisotopic (exact) mass is 370 g/mol. The molecule has 0 aliphatic heterocycles. The third kappa shape index (κ3) is 5.41. The van der Waals surface area contributed by atoms with Crippen LogP contribution >= 0.6 is 12.6 Å². The molecule has 0 aromatic heterocycles. The second-order valence-electron chi connectivity index (χ2n) is 4.61. The molecule has 128 valence electrons. The number of nitro groups is 2. The lowest BCUT2D eigenvalue weighted by atomic mass is 10.2. The van der Waals surface area contributed by atoms with Gasteiger partial charge in [-0.25, -0.2) is 0 Å². The van der Waals surface area contributed by atoms with Crippen LogP contribution in [0.3, 0.4) is 0 Å². The molecule has 0 aliphatic carbocycles. The predicted molar refractivity (Wildman–Crippen MR) is 92.2 cm³/mol. The van der Waals surface area contributed by atoms with Gasteiger partial charge < -0.3 is 9.66 Å². The van der Waals surface area contributed by atoms with Crippen LogP contribution in [0, 0.1) is 27.2 Å². The van der Waals surface area contributed by atoms with Gasteiger partial charge in [-0.2, -0.15) is 0 Å². The number of aromatic hydroxyl groups is 1. The van der Waals surface area contributed by atoms with Crippen LogP contribution in [0.15, 0.2) is 46.2 Å². The summed E-state index contributed by atoms with van der Waals surface area (Å²) < 4.78 is 10.9. The number of thiol groups is 1.